The molecule has 1 N–H and O–H groups in total. The van der Waals surface area contributed by atoms with Gasteiger partial charge in [0.25, 0.3) is 0 Å². The smallest absolute Gasteiger partial charge is 0.114 e. The fourth-order valence-electron chi connectivity index (χ4n) is 0.462. The number of aliphatic hydroxyl groups excluding tert-OH is 1. The third-order valence-corrected chi connectivity index (χ3v) is 0.862. The lowest BCUT2D eigenvalue weighted by Crippen LogP contribution is -2.08. The van der Waals surface area contributed by atoms with Gasteiger partial charge in [0, 0.05) is 0 Å². The van der Waals surface area contributed by atoms with E-state index in [-0.39, 0.29) is 0 Å². The molecule has 0 aliphatic carbocycles. The summed E-state index contributed by atoms with van der Waals surface area (Å²) in [7, 11) is 0. The van der Waals surface area contributed by atoms with Crippen molar-refractivity contribution in [3.05, 3.63) is 24.5 Å². The van der Waals surface area contributed by atoms with E-state index in [2.05, 4.69) is 6.58 Å². The van der Waals surface area contributed by atoms with E-state index in [9.17, 15) is 0 Å². The van der Waals surface area contributed by atoms with Crippen molar-refractivity contribution in [1.29, 1.82) is 0 Å². The molecule has 0 amide bonds. The Kier molecular flexibility index (Phi) is 11.8. The lowest BCUT2D eigenvalue weighted by atomic mass is 10.4. The molecule has 0 rings (SSSR count). The van der Waals surface area contributed by atoms with Gasteiger partial charge in [-0.2, -0.15) is 0 Å². The van der Waals surface area contributed by atoms with E-state index >= 15 is 0 Å². The molecule has 0 aliphatic rings. The van der Waals surface area contributed by atoms with Crippen LogP contribution in [0.25, 0.3) is 0 Å². The molecule has 0 aromatic heterocycles. The zero-order chi connectivity index (χ0) is 9.98. The van der Waals surface area contributed by atoms with Crippen molar-refractivity contribution >= 4 is 0 Å². The Bertz CT molecular complexity index is 126. The molecule has 0 fully saturated rings. The van der Waals surface area contributed by atoms with Crippen LogP contribution in [-0.2, 0) is 4.74 Å². The molecule has 0 aliphatic heterocycles. The maximum Gasteiger partial charge on any atom is 0.114 e. The first-order valence-corrected chi connectivity index (χ1v) is 4.29. The minimum Gasteiger partial charge on any atom is -0.492 e. The predicted molar refractivity (Wildman–Crippen MR) is 52.9 cm³/mol. The number of ether oxygens (including phenoxy) is 1. The topological polar surface area (TPSA) is 29.5 Å². The highest BCUT2D eigenvalue weighted by molar-refractivity contribution is 5.05. The van der Waals surface area contributed by atoms with Crippen LogP contribution in [0.1, 0.15) is 27.7 Å². The van der Waals surface area contributed by atoms with Crippen LogP contribution in [0.2, 0.25) is 0 Å². The van der Waals surface area contributed by atoms with Crippen molar-refractivity contribution in [3.8, 4) is 0 Å². The minimum atomic E-state index is -0.429. The first kappa shape index (κ1) is 13.8. The summed E-state index contributed by atoms with van der Waals surface area (Å²) < 4.78 is 5.01. The monoisotopic (exact) mass is 172 g/mol. The summed E-state index contributed by atoms with van der Waals surface area (Å²) in [4.78, 5) is 0. The first-order valence-electron chi connectivity index (χ1n) is 4.29. The third kappa shape index (κ3) is 12.0. The normalized spacial score (nSPS) is 11.8. The quantitative estimate of drug-likeness (QED) is 0.521. The second kappa shape index (κ2) is 10.2. The average Bonchev–Trinajstić information content (AvgIpc) is 2.05. The second-order valence-electron chi connectivity index (χ2n) is 2.13. The molecule has 0 saturated heterocycles. The highest BCUT2D eigenvalue weighted by Gasteiger charge is 1.94. The van der Waals surface area contributed by atoms with Gasteiger partial charge in [-0.15, -0.1) is 0 Å². The van der Waals surface area contributed by atoms with Crippen molar-refractivity contribution in [3.63, 3.8) is 0 Å². The van der Waals surface area contributed by atoms with Crippen molar-refractivity contribution in [2.75, 3.05) is 6.61 Å². The van der Waals surface area contributed by atoms with Crippen molar-refractivity contribution in [2.24, 2.45) is 0 Å². The molecule has 0 spiro atoms. The molecule has 2 heteroatoms. The summed E-state index contributed by atoms with van der Waals surface area (Å²) in [5.74, 6) is 0.586. The molecule has 2 nitrogen and oxygen atoms in total. The van der Waals surface area contributed by atoms with Crippen LogP contribution < -0.4 is 0 Å². The molecule has 0 aromatic carbocycles. The summed E-state index contributed by atoms with van der Waals surface area (Å²) in [5, 5.41) is 8.78. The van der Waals surface area contributed by atoms with Gasteiger partial charge in [-0.3, -0.25) is 0 Å². The Morgan fingerprint density at radius 2 is 2.08 bits per heavy atom. The van der Waals surface area contributed by atoms with Crippen LogP contribution in [0, 0.1) is 0 Å². The Labute approximate surface area is 75.6 Å². The number of rotatable bonds is 4. The molecule has 0 saturated carbocycles. The van der Waals surface area contributed by atoms with Gasteiger partial charge in [0.2, 0.25) is 0 Å². The fourth-order valence-corrected chi connectivity index (χ4v) is 0.462. The Balaban J connectivity index is 0. The van der Waals surface area contributed by atoms with Crippen molar-refractivity contribution in [2.45, 2.75) is 33.8 Å². The van der Waals surface area contributed by atoms with E-state index in [1.165, 1.54) is 0 Å². The Morgan fingerprint density at radius 3 is 2.42 bits per heavy atom. The van der Waals surface area contributed by atoms with Crippen LogP contribution >= 0.6 is 0 Å². The van der Waals surface area contributed by atoms with E-state index < -0.39 is 6.10 Å². The Hall–Kier alpha value is -0.760. The van der Waals surface area contributed by atoms with E-state index in [4.69, 9.17) is 9.84 Å². The van der Waals surface area contributed by atoms with E-state index in [0.717, 1.165) is 0 Å². The largest absolute Gasteiger partial charge is 0.492 e. The average molecular weight is 172 g/mol. The summed E-state index contributed by atoms with van der Waals surface area (Å²) in [6.45, 7) is 11.5. The zero-order valence-corrected chi connectivity index (χ0v) is 8.50. The summed E-state index contributed by atoms with van der Waals surface area (Å²) in [5.41, 5.74) is 0. The lowest BCUT2D eigenvalue weighted by Gasteiger charge is -2.06. The molecule has 1 atom stereocenters. The predicted octanol–water partition coefficient (Wildman–Crippen LogP) is 2.50. The molecule has 0 heterocycles. The van der Waals surface area contributed by atoms with Gasteiger partial charge in [-0.25, -0.2) is 0 Å². The van der Waals surface area contributed by atoms with Crippen LogP contribution in [0.4, 0.5) is 0 Å². The van der Waals surface area contributed by atoms with Crippen molar-refractivity contribution < 1.29 is 9.84 Å². The fraction of sp³-hybridized carbons (Fsp3) is 0.600. The first-order chi connectivity index (χ1) is 5.66. The van der Waals surface area contributed by atoms with E-state index in [0.29, 0.717) is 12.4 Å². The molecule has 0 radical (unpaired) electrons. The standard InChI is InChI=1S/C8H14O2.C2H6/c1-4-5-8(3)10-6-7(2)9;1-2/h4-5,7,9H,3,6H2,1-2H3;1-2H3/b5-4-;. The van der Waals surface area contributed by atoms with Gasteiger partial charge in [0.15, 0.2) is 0 Å². The van der Waals surface area contributed by atoms with Crippen LogP contribution in [0.3, 0.4) is 0 Å². The van der Waals surface area contributed by atoms with Gasteiger partial charge in [0.1, 0.15) is 12.4 Å². The third-order valence-electron chi connectivity index (χ3n) is 0.862. The zero-order valence-electron chi connectivity index (χ0n) is 8.50. The maximum absolute atomic E-state index is 8.78. The minimum absolute atomic E-state index is 0.309. The lowest BCUT2D eigenvalue weighted by molar-refractivity contribution is 0.0888. The van der Waals surface area contributed by atoms with E-state index in [1.807, 2.05) is 26.8 Å². The molecule has 12 heavy (non-hydrogen) atoms. The number of allylic oxidation sites excluding steroid dienone is 2. The van der Waals surface area contributed by atoms with Crippen LogP contribution in [0.5, 0.6) is 0 Å². The molecular weight excluding hydrogens is 152 g/mol. The molecule has 1 unspecified atom stereocenters. The maximum atomic E-state index is 8.78. The number of hydrogen-bond donors (Lipinski definition) is 1. The van der Waals surface area contributed by atoms with Gasteiger partial charge >= 0.3 is 0 Å². The summed E-state index contributed by atoms with van der Waals surface area (Å²) in [6, 6.07) is 0. The van der Waals surface area contributed by atoms with Crippen LogP contribution in [-0.4, -0.2) is 17.8 Å². The van der Waals surface area contributed by atoms with Gasteiger partial charge in [-0.05, 0) is 19.9 Å². The van der Waals surface area contributed by atoms with Gasteiger partial charge in [0.05, 0.1) is 6.10 Å². The highest BCUT2D eigenvalue weighted by atomic mass is 16.5. The van der Waals surface area contributed by atoms with Gasteiger partial charge in [-0.1, -0.05) is 26.5 Å². The molecular formula is C10H20O2. The molecule has 72 valence electrons. The summed E-state index contributed by atoms with van der Waals surface area (Å²) >= 11 is 0. The number of aliphatic hydroxyl groups is 1. The number of hydrogen-bond acceptors (Lipinski definition) is 2. The SMILES string of the molecule is C=C(/C=C\C)OCC(C)O.CC. The Morgan fingerprint density at radius 1 is 1.58 bits per heavy atom. The molecule has 0 bridgehead atoms. The molecule has 0 aromatic rings. The van der Waals surface area contributed by atoms with Crippen molar-refractivity contribution in [1.82, 2.24) is 0 Å². The highest BCUT2D eigenvalue weighted by Crippen LogP contribution is 1.96. The van der Waals surface area contributed by atoms with Gasteiger partial charge < -0.3 is 9.84 Å². The van der Waals surface area contributed by atoms with E-state index in [1.54, 1.807) is 13.0 Å². The second-order valence-corrected chi connectivity index (χ2v) is 2.13. The van der Waals surface area contributed by atoms with Crippen LogP contribution in [0.15, 0.2) is 24.5 Å². The summed E-state index contributed by atoms with van der Waals surface area (Å²) in [6.07, 6.45) is 3.16.